The first-order valence-corrected chi connectivity index (χ1v) is 15.6. The van der Waals surface area contributed by atoms with E-state index >= 15 is 0 Å². The summed E-state index contributed by atoms with van der Waals surface area (Å²) in [5.74, 6) is -1.14. The topological polar surface area (TPSA) is 254 Å². The summed E-state index contributed by atoms with van der Waals surface area (Å²) in [6, 6.07) is 5.73. The minimum atomic E-state index is -5.26. The number of nitrogens with one attached hydrogen (secondary N) is 1. The predicted molar refractivity (Wildman–Crippen MR) is 140 cm³/mol. The summed E-state index contributed by atoms with van der Waals surface area (Å²) < 4.78 is 104. The minimum absolute atomic E-state index is 0. The van der Waals surface area contributed by atoms with E-state index in [1.165, 1.54) is 0 Å². The zero-order chi connectivity index (χ0) is 30.5. The Hall–Kier alpha value is -0.200. The van der Waals surface area contributed by atoms with Crippen LogP contribution in [0.5, 0.6) is 5.75 Å². The number of aromatic nitrogens is 2. The van der Waals surface area contributed by atoms with Crippen LogP contribution >= 0.6 is 34.8 Å². The molecule has 4 aromatic rings. The Morgan fingerprint density at radius 1 is 0.795 bits per heavy atom. The van der Waals surface area contributed by atoms with Crippen molar-refractivity contribution in [1.29, 1.82) is 0 Å². The van der Waals surface area contributed by atoms with Crippen LogP contribution in [0.2, 0.25) is 15.5 Å². The van der Waals surface area contributed by atoms with Crippen LogP contribution in [-0.2, 0) is 30.4 Å². The number of nitrogens with zero attached hydrogens (tertiary/aromatic N) is 4. The molecule has 4 rings (SSSR count). The van der Waals surface area contributed by atoms with E-state index in [0.29, 0.717) is 6.07 Å². The fourth-order valence-electron chi connectivity index (χ4n) is 3.41. The maximum Gasteiger partial charge on any atom is 1.00 e. The fourth-order valence-corrected chi connectivity index (χ4v) is 5.87. The van der Waals surface area contributed by atoms with E-state index in [9.17, 15) is 44.0 Å². The van der Waals surface area contributed by atoms with Gasteiger partial charge in [-0.2, -0.15) is 18.5 Å². The van der Waals surface area contributed by atoms with Crippen molar-refractivity contribution >= 4 is 98.8 Å². The molecule has 0 saturated heterocycles. The normalized spacial score (nSPS) is 11.9. The van der Waals surface area contributed by atoms with E-state index in [1.807, 2.05) is 0 Å². The number of anilines is 2. The first-order chi connectivity index (χ1) is 18.9. The van der Waals surface area contributed by atoms with Gasteiger partial charge in [0, 0.05) is 11.1 Å². The summed E-state index contributed by atoms with van der Waals surface area (Å²) in [5, 5.41) is 20.9. The SMILES string of the molecule is O=S(=O)([O-])c1cc(S(=O)(=O)O)c2c(N=Nc3cc(Nc4nc(Cl)nc(Cl)c4Cl)ccc3S(=O)(=O)[O-])c([O-])ccc2c1.[Na+].[Na+].[Na+]. The van der Waals surface area contributed by atoms with Gasteiger partial charge in [0.25, 0.3) is 10.1 Å². The molecule has 24 heteroatoms. The average Bonchev–Trinajstić information content (AvgIpc) is 2.84. The molecule has 44 heavy (non-hydrogen) atoms. The molecule has 0 bridgehead atoms. The van der Waals surface area contributed by atoms with Crippen LogP contribution in [0.1, 0.15) is 0 Å². The van der Waals surface area contributed by atoms with E-state index in [-0.39, 0.29) is 121 Å². The van der Waals surface area contributed by atoms with Crippen molar-refractivity contribution in [2.24, 2.45) is 10.2 Å². The third-order valence-electron chi connectivity index (χ3n) is 5.09. The second kappa shape index (κ2) is 15.8. The first kappa shape index (κ1) is 41.8. The number of rotatable bonds is 7. The average molecular weight is 751 g/mol. The van der Waals surface area contributed by atoms with Crippen LogP contribution in [0.15, 0.2) is 67.4 Å². The fraction of sp³-hybridized carbons (Fsp3) is 0. The van der Waals surface area contributed by atoms with Crippen molar-refractivity contribution in [3.63, 3.8) is 0 Å². The first-order valence-electron chi connectivity index (χ1n) is 10.2. The van der Waals surface area contributed by atoms with Gasteiger partial charge in [0.1, 0.15) is 35.8 Å². The van der Waals surface area contributed by atoms with Crippen LogP contribution < -0.4 is 99.1 Å². The van der Waals surface area contributed by atoms with Crippen LogP contribution in [-0.4, -0.2) is 48.9 Å². The molecule has 0 aliphatic carbocycles. The molecule has 0 amide bonds. The van der Waals surface area contributed by atoms with Crippen LogP contribution in [0.3, 0.4) is 0 Å². The van der Waals surface area contributed by atoms with Gasteiger partial charge < -0.3 is 19.5 Å². The molecular weight excluding hydrogens is 742 g/mol. The summed E-state index contributed by atoms with van der Waals surface area (Å²) in [5.41, 5.74) is -1.46. The number of halogens is 3. The summed E-state index contributed by atoms with van der Waals surface area (Å²) in [7, 11) is -15.7. The number of azo groups is 1. The molecule has 0 aliphatic rings. The van der Waals surface area contributed by atoms with Crippen LogP contribution in [0, 0.1) is 0 Å². The molecule has 1 aromatic heterocycles. The molecule has 0 fully saturated rings. The Morgan fingerprint density at radius 3 is 2.00 bits per heavy atom. The number of benzene rings is 3. The number of hydrogen-bond donors (Lipinski definition) is 2. The van der Waals surface area contributed by atoms with Gasteiger partial charge in [-0.1, -0.05) is 41.1 Å². The Balaban J connectivity index is 0.00000323. The Labute approximate surface area is 330 Å². The Morgan fingerprint density at radius 2 is 1.43 bits per heavy atom. The number of hydrogen-bond acceptors (Lipinski definition) is 14. The quantitative estimate of drug-likeness (QED) is 0.0590. The molecule has 0 spiro atoms. The Bertz CT molecular complexity index is 2130. The molecule has 3 aromatic carbocycles. The molecule has 0 atom stereocenters. The summed E-state index contributed by atoms with van der Waals surface area (Å²) in [4.78, 5) is 4.33. The van der Waals surface area contributed by atoms with Crippen LogP contribution in [0.4, 0.5) is 22.9 Å². The van der Waals surface area contributed by atoms with Crippen molar-refractivity contribution < 1.29 is 133 Å². The third kappa shape index (κ3) is 9.68. The Kier molecular flexibility index (Phi) is 15.0. The van der Waals surface area contributed by atoms with Crippen molar-refractivity contribution in [2.75, 3.05) is 5.32 Å². The molecular formula is C20H9Cl3N5Na3O10S3. The summed E-state index contributed by atoms with van der Waals surface area (Å²) in [6.07, 6.45) is 0. The van der Waals surface area contributed by atoms with Crippen molar-refractivity contribution in [3.05, 3.63) is 57.9 Å². The van der Waals surface area contributed by atoms with Crippen molar-refractivity contribution in [2.45, 2.75) is 14.7 Å². The molecule has 1 heterocycles. The van der Waals surface area contributed by atoms with Crippen LogP contribution in [0.25, 0.3) is 10.8 Å². The zero-order valence-electron chi connectivity index (χ0n) is 22.3. The number of fused-ring (bicyclic) bond motifs is 1. The van der Waals surface area contributed by atoms with E-state index in [2.05, 4.69) is 25.5 Å². The third-order valence-corrected chi connectivity index (χ3v) is 8.56. The second-order valence-corrected chi connectivity index (χ2v) is 13.0. The van der Waals surface area contributed by atoms with E-state index in [4.69, 9.17) is 34.8 Å². The van der Waals surface area contributed by atoms with E-state index < -0.39 is 67.6 Å². The van der Waals surface area contributed by atoms with Gasteiger partial charge in [0.2, 0.25) is 5.28 Å². The molecule has 0 radical (unpaired) electrons. The van der Waals surface area contributed by atoms with Crippen molar-refractivity contribution in [3.8, 4) is 5.75 Å². The van der Waals surface area contributed by atoms with Gasteiger partial charge in [0.15, 0.2) is 11.0 Å². The maximum absolute atomic E-state index is 12.7. The predicted octanol–water partition coefficient (Wildman–Crippen LogP) is -5.11. The van der Waals surface area contributed by atoms with Gasteiger partial charge in [-0.25, -0.2) is 21.8 Å². The molecule has 2 N–H and O–H groups in total. The maximum atomic E-state index is 12.7. The largest absolute Gasteiger partial charge is 1.00 e. The molecule has 0 saturated carbocycles. The van der Waals surface area contributed by atoms with Gasteiger partial charge in [0.05, 0.1) is 15.5 Å². The van der Waals surface area contributed by atoms with Gasteiger partial charge in [-0.05, 0) is 47.3 Å². The smallest absolute Gasteiger partial charge is 0.871 e. The second-order valence-electron chi connectivity index (χ2n) is 7.77. The molecule has 216 valence electrons. The van der Waals surface area contributed by atoms with E-state index in [0.717, 1.165) is 36.4 Å². The van der Waals surface area contributed by atoms with Gasteiger partial charge >= 0.3 is 88.7 Å². The van der Waals surface area contributed by atoms with Gasteiger partial charge in [-0.3, -0.25) is 4.55 Å². The van der Waals surface area contributed by atoms with E-state index in [1.54, 1.807) is 0 Å². The summed E-state index contributed by atoms with van der Waals surface area (Å²) >= 11 is 17.7. The standard InChI is InChI=1S/C20H12Cl3N5O10S3.3Na/c21-16-18(22)25-20(23)26-19(16)24-9-2-4-13(40(33,34)35)11(6-9)27-28-17-12(29)3-1-8-5-10(39(30,31)32)7-14(15(8)17)41(36,37)38;;;/h1-7,29H,(H,24,25,26)(H,30,31,32)(H,33,34,35)(H,36,37,38);;;/q;3*+1/p-3. The minimum Gasteiger partial charge on any atom is -0.871 e. The molecule has 0 unspecified atom stereocenters. The molecule has 15 nitrogen and oxygen atoms in total. The van der Waals surface area contributed by atoms with Gasteiger partial charge in [-0.15, -0.1) is 5.11 Å². The van der Waals surface area contributed by atoms with Crippen molar-refractivity contribution in [1.82, 2.24) is 9.97 Å². The monoisotopic (exact) mass is 749 g/mol. The zero-order valence-corrected chi connectivity index (χ0v) is 33.0. The molecule has 0 aliphatic heterocycles. The summed E-state index contributed by atoms with van der Waals surface area (Å²) in [6.45, 7) is 0.